The number of hydrogen-bond acceptors (Lipinski definition) is 5. The Hall–Kier alpha value is -3.39. The van der Waals surface area contributed by atoms with Gasteiger partial charge in [-0.15, -0.1) is 0 Å². The Morgan fingerprint density at radius 2 is 1.77 bits per heavy atom. The molecule has 3 heterocycles. The maximum Gasteiger partial charge on any atom is 0.268 e. The van der Waals surface area contributed by atoms with Crippen LogP contribution in [0.3, 0.4) is 0 Å². The Morgan fingerprint density at radius 1 is 1.03 bits per heavy atom. The standard InChI is InChI=1S/C23H22N4O3S/c1-16-23(31(28,29)27-13-12-18-8-6-7-11-21(18)27)17(2)26(24-16)15-20-14-22(30-25-20)19-9-4-3-5-10-19/h3-11,14H,12-13,15H2,1-2H3. The maximum absolute atomic E-state index is 13.5. The van der Waals surface area contributed by atoms with Gasteiger partial charge in [-0.3, -0.25) is 8.99 Å². The van der Waals surface area contributed by atoms with Crippen molar-refractivity contribution in [1.82, 2.24) is 14.9 Å². The fourth-order valence-electron chi connectivity index (χ4n) is 4.15. The van der Waals surface area contributed by atoms with Crippen LogP contribution in [0.2, 0.25) is 0 Å². The summed E-state index contributed by atoms with van der Waals surface area (Å²) in [5.74, 6) is 0.665. The van der Waals surface area contributed by atoms with Crippen molar-refractivity contribution in [3.05, 3.63) is 83.3 Å². The number of nitrogens with zero attached hydrogens (tertiary/aromatic N) is 4. The fraction of sp³-hybridized carbons (Fsp3) is 0.217. The van der Waals surface area contributed by atoms with Crippen molar-refractivity contribution in [3.63, 3.8) is 0 Å². The number of anilines is 1. The highest BCUT2D eigenvalue weighted by atomic mass is 32.2. The zero-order valence-electron chi connectivity index (χ0n) is 17.3. The van der Waals surface area contributed by atoms with Gasteiger partial charge in [0.25, 0.3) is 10.0 Å². The van der Waals surface area contributed by atoms with E-state index < -0.39 is 10.0 Å². The Bertz CT molecular complexity index is 1360. The number of rotatable bonds is 5. The van der Waals surface area contributed by atoms with Crippen molar-refractivity contribution in [3.8, 4) is 11.3 Å². The number of aryl methyl sites for hydroxylation is 1. The summed E-state index contributed by atoms with van der Waals surface area (Å²) in [5.41, 5.74) is 4.48. The minimum absolute atomic E-state index is 0.260. The lowest BCUT2D eigenvalue weighted by Gasteiger charge is -2.19. The average molecular weight is 435 g/mol. The second-order valence-electron chi connectivity index (χ2n) is 7.66. The van der Waals surface area contributed by atoms with Crippen molar-refractivity contribution in [2.24, 2.45) is 0 Å². The van der Waals surface area contributed by atoms with E-state index in [4.69, 9.17) is 4.52 Å². The summed E-state index contributed by atoms with van der Waals surface area (Å²) in [6.45, 7) is 4.29. The predicted molar refractivity (Wildman–Crippen MR) is 117 cm³/mol. The van der Waals surface area contributed by atoms with Crippen molar-refractivity contribution in [2.45, 2.75) is 31.7 Å². The molecule has 0 radical (unpaired) electrons. The van der Waals surface area contributed by atoms with Gasteiger partial charge in [-0.1, -0.05) is 53.7 Å². The van der Waals surface area contributed by atoms with Gasteiger partial charge in [-0.2, -0.15) is 5.10 Å². The first kappa shape index (κ1) is 19.6. The lowest BCUT2D eigenvalue weighted by molar-refractivity contribution is 0.419. The van der Waals surface area contributed by atoms with Crippen LogP contribution >= 0.6 is 0 Å². The molecule has 158 valence electrons. The lowest BCUT2D eigenvalue weighted by atomic mass is 10.2. The summed E-state index contributed by atoms with van der Waals surface area (Å²) in [6, 6.07) is 19.2. The third-order valence-electron chi connectivity index (χ3n) is 5.64. The van der Waals surface area contributed by atoms with E-state index in [1.165, 1.54) is 4.31 Å². The van der Waals surface area contributed by atoms with Gasteiger partial charge < -0.3 is 4.52 Å². The zero-order valence-corrected chi connectivity index (χ0v) is 18.1. The van der Waals surface area contributed by atoms with Gasteiger partial charge in [0, 0.05) is 18.2 Å². The van der Waals surface area contributed by atoms with Crippen LogP contribution in [0.5, 0.6) is 0 Å². The molecular formula is C23H22N4O3S. The number of fused-ring (bicyclic) bond motifs is 1. The first-order chi connectivity index (χ1) is 14.9. The number of sulfonamides is 1. The van der Waals surface area contributed by atoms with Crippen molar-refractivity contribution in [2.75, 3.05) is 10.8 Å². The van der Waals surface area contributed by atoms with Crippen LogP contribution in [0.1, 0.15) is 22.6 Å². The molecule has 0 bridgehead atoms. The highest BCUT2D eigenvalue weighted by Gasteiger charge is 2.35. The highest BCUT2D eigenvalue weighted by molar-refractivity contribution is 7.93. The Morgan fingerprint density at radius 3 is 2.58 bits per heavy atom. The minimum Gasteiger partial charge on any atom is -0.356 e. The Balaban J connectivity index is 1.46. The van der Waals surface area contributed by atoms with E-state index in [0.29, 0.717) is 42.4 Å². The fourth-order valence-corrected chi connectivity index (χ4v) is 6.04. The third kappa shape index (κ3) is 3.33. The van der Waals surface area contributed by atoms with Crippen LogP contribution < -0.4 is 4.31 Å². The number of aromatic nitrogens is 3. The summed E-state index contributed by atoms with van der Waals surface area (Å²) < 4.78 is 35.7. The molecule has 1 aliphatic heterocycles. The van der Waals surface area contributed by atoms with E-state index in [1.807, 2.05) is 60.7 Å². The molecule has 2 aromatic carbocycles. The summed E-state index contributed by atoms with van der Waals surface area (Å²) in [6.07, 6.45) is 0.711. The van der Waals surface area contributed by atoms with Gasteiger partial charge in [0.15, 0.2) is 5.76 Å². The monoisotopic (exact) mass is 434 g/mol. The molecule has 0 spiro atoms. The van der Waals surface area contributed by atoms with Crippen LogP contribution in [0.4, 0.5) is 5.69 Å². The first-order valence-electron chi connectivity index (χ1n) is 10.1. The van der Waals surface area contributed by atoms with E-state index in [0.717, 1.165) is 16.8 Å². The summed E-state index contributed by atoms with van der Waals surface area (Å²) >= 11 is 0. The molecule has 0 aliphatic carbocycles. The summed E-state index contributed by atoms with van der Waals surface area (Å²) in [5, 5.41) is 8.65. The van der Waals surface area contributed by atoms with Crippen LogP contribution in [0.15, 0.2) is 70.1 Å². The lowest BCUT2D eigenvalue weighted by Crippen LogP contribution is -2.30. The molecule has 0 N–H and O–H groups in total. The van der Waals surface area contributed by atoms with E-state index in [-0.39, 0.29) is 4.90 Å². The Kier molecular flexibility index (Phi) is 4.66. The quantitative estimate of drug-likeness (QED) is 0.475. The van der Waals surface area contributed by atoms with E-state index >= 15 is 0 Å². The van der Waals surface area contributed by atoms with Gasteiger partial charge in [0.05, 0.1) is 23.6 Å². The molecule has 5 rings (SSSR count). The second kappa shape index (κ2) is 7.39. The molecule has 4 aromatic rings. The third-order valence-corrected chi connectivity index (χ3v) is 7.70. The molecule has 1 aliphatic rings. The summed E-state index contributed by atoms with van der Waals surface area (Å²) in [7, 11) is -3.72. The topological polar surface area (TPSA) is 81.2 Å². The predicted octanol–water partition coefficient (Wildman–Crippen LogP) is 3.95. The molecule has 0 saturated carbocycles. The van der Waals surface area contributed by atoms with E-state index in [1.54, 1.807) is 18.5 Å². The minimum atomic E-state index is -3.72. The summed E-state index contributed by atoms with van der Waals surface area (Å²) in [4.78, 5) is 0.260. The molecule has 0 amide bonds. The molecule has 31 heavy (non-hydrogen) atoms. The molecule has 0 unspecified atom stereocenters. The van der Waals surface area contributed by atoms with Crippen LogP contribution in [0.25, 0.3) is 11.3 Å². The molecule has 0 saturated heterocycles. The number of para-hydroxylation sites is 1. The van der Waals surface area contributed by atoms with Crippen molar-refractivity contribution >= 4 is 15.7 Å². The van der Waals surface area contributed by atoms with E-state index in [9.17, 15) is 8.42 Å². The second-order valence-corrected chi connectivity index (χ2v) is 9.46. The maximum atomic E-state index is 13.5. The van der Waals surface area contributed by atoms with Crippen molar-refractivity contribution < 1.29 is 12.9 Å². The largest absolute Gasteiger partial charge is 0.356 e. The molecule has 0 atom stereocenters. The van der Waals surface area contributed by atoms with Gasteiger partial charge in [0.1, 0.15) is 10.6 Å². The van der Waals surface area contributed by atoms with Gasteiger partial charge in [-0.05, 0) is 31.9 Å². The molecule has 2 aromatic heterocycles. The van der Waals surface area contributed by atoms with Gasteiger partial charge >= 0.3 is 0 Å². The number of benzene rings is 2. The molecule has 7 nitrogen and oxygen atoms in total. The van der Waals surface area contributed by atoms with Gasteiger partial charge in [0.2, 0.25) is 0 Å². The van der Waals surface area contributed by atoms with Gasteiger partial charge in [-0.25, -0.2) is 8.42 Å². The Labute approximate surface area is 181 Å². The highest BCUT2D eigenvalue weighted by Crippen LogP contribution is 2.34. The zero-order chi connectivity index (χ0) is 21.6. The van der Waals surface area contributed by atoms with E-state index in [2.05, 4.69) is 10.3 Å². The van der Waals surface area contributed by atoms with Crippen LogP contribution in [-0.2, 0) is 23.0 Å². The van der Waals surface area contributed by atoms with Crippen molar-refractivity contribution in [1.29, 1.82) is 0 Å². The molecular weight excluding hydrogens is 412 g/mol. The SMILES string of the molecule is Cc1nn(Cc2cc(-c3ccccc3)on2)c(C)c1S(=O)(=O)N1CCc2ccccc21. The normalized spacial score (nSPS) is 13.5. The first-order valence-corrected chi connectivity index (χ1v) is 11.5. The van der Waals surface area contributed by atoms with Crippen LogP contribution in [0, 0.1) is 13.8 Å². The molecule has 0 fully saturated rings. The molecule has 8 heteroatoms. The number of hydrogen-bond donors (Lipinski definition) is 0. The smallest absolute Gasteiger partial charge is 0.268 e. The average Bonchev–Trinajstić information content (AvgIpc) is 3.47. The van der Waals surface area contributed by atoms with Crippen LogP contribution in [-0.4, -0.2) is 29.9 Å².